The molecule has 0 rings (SSSR count). The maximum Gasteiger partial charge on any atom is 0.479 e. The molecule has 0 aromatic carbocycles. The lowest BCUT2D eigenvalue weighted by molar-refractivity contribution is -0.339. The molecule has 1 atom stereocenters. The molecule has 0 heterocycles. The SMILES string of the molecule is CCCCOP(=O)(OC)OC(F)(F)C(F)(F)CC(F)(F)F. The van der Waals surface area contributed by atoms with Gasteiger partial charge in [-0.15, -0.1) is 0 Å². The van der Waals surface area contributed by atoms with Gasteiger partial charge in [-0.3, -0.25) is 9.05 Å². The smallest absolute Gasteiger partial charge is 0.290 e. The molecule has 0 spiro atoms. The highest BCUT2D eigenvalue weighted by Gasteiger charge is 2.65. The minimum absolute atomic E-state index is 0.223. The Kier molecular flexibility index (Phi) is 7.12. The van der Waals surface area contributed by atoms with Crippen molar-refractivity contribution in [3.63, 3.8) is 0 Å². The van der Waals surface area contributed by atoms with E-state index in [1.165, 1.54) is 0 Å². The first-order chi connectivity index (χ1) is 9.29. The summed E-state index contributed by atoms with van der Waals surface area (Å²) >= 11 is 0. The Labute approximate surface area is 116 Å². The van der Waals surface area contributed by atoms with Crippen LogP contribution in [-0.2, 0) is 18.1 Å². The van der Waals surface area contributed by atoms with Crippen LogP contribution in [0.2, 0.25) is 0 Å². The van der Waals surface area contributed by atoms with Gasteiger partial charge in [0.2, 0.25) is 0 Å². The predicted octanol–water partition coefficient (Wildman–Crippen LogP) is 4.75. The van der Waals surface area contributed by atoms with Crippen LogP contribution in [0.15, 0.2) is 0 Å². The van der Waals surface area contributed by atoms with E-state index < -0.39 is 39.1 Å². The van der Waals surface area contributed by atoms with Gasteiger partial charge < -0.3 is 0 Å². The summed E-state index contributed by atoms with van der Waals surface area (Å²) < 4.78 is 111. The fraction of sp³-hybridized carbons (Fsp3) is 1.00. The van der Waals surface area contributed by atoms with Gasteiger partial charge in [0.05, 0.1) is 6.61 Å². The molecule has 0 saturated carbocycles. The van der Waals surface area contributed by atoms with E-state index in [0.29, 0.717) is 13.5 Å². The minimum Gasteiger partial charge on any atom is -0.290 e. The number of hydrogen-bond acceptors (Lipinski definition) is 4. The van der Waals surface area contributed by atoms with Gasteiger partial charge in [-0.1, -0.05) is 13.3 Å². The van der Waals surface area contributed by atoms with Gasteiger partial charge in [0.15, 0.2) is 0 Å². The van der Waals surface area contributed by atoms with Crippen molar-refractivity contribution in [2.75, 3.05) is 13.7 Å². The van der Waals surface area contributed by atoms with Crippen LogP contribution in [0.25, 0.3) is 0 Å². The Morgan fingerprint density at radius 3 is 1.95 bits per heavy atom. The van der Waals surface area contributed by atoms with E-state index in [2.05, 4.69) is 13.6 Å². The molecule has 0 aliphatic heterocycles. The van der Waals surface area contributed by atoms with Crippen molar-refractivity contribution in [1.29, 1.82) is 0 Å². The van der Waals surface area contributed by atoms with Crippen LogP contribution in [0.3, 0.4) is 0 Å². The van der Waals surface area contributed by atoms with Gasteiger partial charge in [0, 0.05) is 7.11 Å². The molecule has 4 nitrogen and oxygen atoms in total. The summed E-state index contributed by atoms with van der Waals surface area (Å²) in [7, 11) is -4.54. The maximum atomic E-state index is 13.1. The van der Waals surface area contributed by atoms with Crippen LogP contribution < -0.4 is 0 Å². The molecule has 0 bridgehead atoms. The molecule has 0 aromatic rings. The zero-order valence-electron chi connectivity index (χ0n) is 11.1. The number of halogens is 7. The van der Waals surface area contributed by atoms with Crippen LogP contribution in [0, 0.1) is 0 Å². The number of alkyl halides is 7. The van der Waals surface area contributed by atoms with E-state index in [9.17, 15) is 35.3 Å². The van der Waals surface area contributed by atoms with Crippen LogP contribution >= 0.6 is 7.82 Å². The number of unbranched alkanes of at least 4 members (excludes halogenated alkanes) is 1. The lowest BCUT2D eigenvalue weighted by Gasteiger charge is -2.28. The third-order valence-corrected chi connectivity index (χ3v) is 3.44. The van der Waals surface area contributed by atoms with Crippen LogP contribution in [0.1, 0.15) is 26.2 Å². The average Bonchev–Trinajstić information content (AvgIpc) is 2.25. The molecule has 12 heteroatoms. The zero-order chi connectivity index (χ0) is 16.9. The molecule has 0 aliphatic rings. The zero-order valence-corrected chi connectivity index (χ0v) is 11.9. The minimum atomic E-state index is -5.68. The summed E-state index contributed by atoms with van der Waals surface area (Å²) in [4.78, 5) is 0. The predicted molar refractivity (Wildman–Crippen MR) is 57.1 cm³/mol. The van der Waals surface area contributed by atoms with E-state index in [0.717, 1.165) is 0 Å². The second-order valence-corrected chi connectivity index (χ2v) is 5.62. The topological polar surface area (TPSA) is 44.8 Å². The summed E-state index contributed by atoms with van der Waals surface area (Å²) in [5.74, 6) is -5.63. The normalized spacial score (nSPS) is 16.8. The molecule has 0 aromatic heterocycles. The number of hydrogen-bond donors (Lipinski definition) is 0. The molecule has 0 amide bonds. The number of phosphoric ester groups is 1. The Hall–Kier alpha value is -0.380. The summed E-state index contributed by atoms with van der Waals surface area (Å²) in [6, 6.07) is 0. The highest BCUT2D eigenvalue weighted by atomic mass is 31.2. The average molecular weight is 350 g/mol. The Morgan fingerprint density at radius 2 is 1.57 bits per heavy atom. The van der Waals surface area contributed by atoms with Gasteiger partial charge in [-0.2, -0.15) is 30.7 Å². The first-order valence-electron chi connectivity index (χ1n) is 5.62. The van der Waals surface area contributed by atoms with E-state index in [1.54, 1.807) is 6.92 Å². The molecule has 128 valence electrons. The third-order valence-electron chi connectivity index (χ3n) is 2.05. The van der Waals surface area contributed by atoms with Crippen molar-refractivity contribution in [2.45, 2.75) is 44.4 Å². The fourth-order valence-corrected chi connectivity index (χ4v) is 2.00. The molecule has 0 saturated heterocycles. The summed E-state index contributed by atoms with van der Waals surface area (Å²) in [6.45, 7) is 1.25. The van der Waals surface area contributed by atoms with Gasteiger partial charge in [0.1, 0.15) is 6.42 Å². The molecule has 0 N–H and O–H groups in total. The first-order valence-corrected chi connectivity index (χ1v) is 7.08. The van der Waals surface area contributed by atoms with Crippen LogP contribution in [-0.4, -0.2) is 31.9 Å². The van der Waals surface area contributed by atoms with Crippen molar-refractivity contribution in [1.82, 2.24) is 0 Å². The van der Waals surface area contributed by atoms with Crippen molar-refractivity contribution in [3.8, 4) is 0 Å². The van der Waals surface area contributed by atoms with Crippen molar-refractivity contribution >= 4 is 7.82 Å². The van der Waals surface area contributed by atoms with Crippen molar-refractivity contribution < 1.29 is 48.9 Å². The summed E-state index contributed by atoms with van der Waals surface area (Å²) in [5, 5.41) is 0. The van der Waals surface area contributed by atoms with Crippen LogP contribution in [0.4, 0.5) is 30.7 Å². The Morgan fingerprint density at radius 1 is 1.05 bits per heavy atom. The van der Waals surface area contributed by atoms with E-state index in [1.807, 2.05) is 0 Å². The molecular formula is C9H14F7O4P. The molecule has 0 fully saturated rings. The molecule has 0 radical (unpaired) electrons. The second-order valence-electron chi connectivity index (χ2n) is 3.92. The fourth-order valence-electron chi connectivity index (χ4n) is 0.999. The quantitative estimate of drug-likeness (QED) is 0.342. The Bertz CT molecular complexity index is 372. The van der Waals surface area contributed by atoms with E-state index in [-0.39, 0.29) is 6.42 Å². The highest BCUT2D eigenvalue weighted by molar-refractivity contribution is 7.48. The lowest BCUT2D eigenvalue weighted by Crippen LogP contribution is -2.45. The maximum absolute atomic E-state index is 13.1. The van der Waals surface area contributed by atoms with Gasteiger partial charge in [-0.25, -0.2) is 9.09 Å². The third kappa shape index (κ3) is 6.94. The second kappa shape index (κ2) is 7.26. The lowest BCUT2D eigenvalue weighted by atomic mass is 10.2. The van der Waals surface area contributed by atoms with Gasteiger partial charge >= 0.3 is 26.0 Å². The number of rotatable bonds is 9. The first kappa shape index (κ1) is 20.6. The number of phosphoric acid groups is 1. The molecule has 1 unspecified atom stereocenters. The summed E-state index contributed by atoms with van der Waals surface area (Å²) in [6.07, 6.45) is -13.7. The Balaban J connectivity index is 5.00. The highest BCUT2D eigenvalue weighted by Crippen LogP contribution is 2.57. The van der Waals surface area contributed by atoms with Gasteiger partial charge in [-0.05, 0) is 6.42 Å². The van der Waals surface area contributed by atoms with E-state index >= 15 is 0 Å². The standard InChI is InChI=1S/C9H14F7O4P/c1-3-4-5-19-21(17,18-2)20-9(15,16)7(10,11)6-8(12,13)14/h3-6H2,1-2H3. The summed E-state index contributed by atoms with van der Waals surface area (Å²) in [5.41, 5.74) is 0. The van der Waals surface area contributed by atoms with Crippen LogP contribution in [0.5, 0.6) is 0 Å². The van der Waals surface area contributed by atoms with E-state index in [4.69, 9.17) is 0 Å². The molecule has 21 heavy (non-hydrogen) atoms. The van der Waals surface area contributed by atoms with Crippen molar-refractivity contribution in [3.05, 3.63) is 0 Å². The van der Waals surface area contributed by atoms with Gasteiger partial charge in [0.25, 0.3) is 0 Å². The van der Waals surface area contributed by atoms with Crippen molar-refractivity contribution in [2.24, 2.45) is 0 Å². The molecule has 0 aliphatic carbocycles. The molecular weight excluding hydrogens is 336 g/mol. The largest absolute Gasteiger partial charge is 0.479 e. The monoisotopic (exact) mass is 350 g/mol.